The molecule has 0 atom stereocenters. The topological polar surface area (TPSA) is 101 Å². The summed E-state index contributed by atoms with van der Waals surface area (Å²) in [5, 5.41) is 27.2. The van der Waals surface area contributed by atoms with Crippen molar-refractivity contribution in [1.82, 2.24) is 15.0 Å². The largest absolute Gasteiger partial charge is 0.508 e. The van der Waals surface area contributed by atoms with Crippen molar-refractivity contribution < 1.29 is 14.6 Å². The molecule has 2 aromatic heterocycles. The van der Waals surface area contributed by atoms with Crippen LogP contribution in [0.2, 0.25) is 0 Å². The number of aryl methyl sites for hydroxylation is 1. The Morgan fingerprint density at radius 2 is 2.09 bits per heavy atom. The second kappa shape index (κ2) is 6.62. The maximum absolute atomic E-state index is 11.7. The van der Waals surface area contributed by atoms with Crippen molar-refractivity contribution in [3.63, 3.8) is 0 Å². The van der Waals surface area contributed by atoms with Gasteiger partial charge in [-0.3, -0.25) is 0 Å². The van der Waals surface area contributed by atoms with E-state index in [1.165, 1.54) is 12.1 Å². The van der Waals surface area contributed by atoms with Gasteiger partial charge in [0.1, 0.15) is 11.3 Å². The maximum atomic E-state index is 11.7. The van der Waals surface area contributed by atoms with Gasteiger partial charge in [0, 0.05) is 30.3 Å². The van der Waals surface area contributed by atoms with Crippen LogP contribution in [-0.4, -0.2) is 31.8 Å². The van der Waals surface area contributed by atoms with E-state index in [0.29, 0.717) is 12.1 Å². The molecule has 2 N–H and O–H groups in total. The van der Waals surface area contributed by atoms with Gasteiger partial charge in [-0.05, 0) is 37.0 Å². The van der Waals surface area contributed by atoms with E-state index in [1.54, 1.807) is 16.8 Å². The Labute approximate surface area is 131 Å². The van der Waals surface area contributed by atoms with Crippen molar-refractivity contribution in [2.75, 3.05) is 6.61 Å². The van der Waals surface area contributed by atoms with Crippen LogP contribution >= 0.6 is 0 Å². The van der Waals surface area contributed by atoms with Gasteiger partial charge in [0.05, 0.1) is 12.2 Å². The van der Waals surface area contributed by atoms with Gasteiger partial charge in [0.15, 0.2) is 0 Å². The number of unbranched alkanes of at least 4 members (excludes halogenated alkanes) is 1. The molecule has 0 saturated carbocycles. The molecule has 3 aromatic rings. The number of phenolic OH excluding ortho intramolecular Hbond substituents is 1. The Kier molecular flexibility index (Phi) is 4.38. The molecule has 0 spiro atoms. The number of aliphatic hydroxyl groups excluding tert-OH is 1. The van der Waals surface area contributed by atoms with E-state index in [2.05, 4.69) is 10.3 Å². The molecule has 23 heavy (non-hydrogen) atoms. The van der Waals surface area contributed by atoms with Crippen LogP contribution in [0.5, 0.6) is 5.75 Å². The molecule has 0 aliphatic rings. The van der Waals surface area contributed by atoms with E-state index in [9.17, 15) is 9.90 Å². The smallest absolute Gasteiger partial charge is 0.336 e. The lowest BCUT2D eigenvalue weighted by Gasteiger charge is -2.05. The van der Waals surface area contributed by atoms with E-state index in [-0.39, 0.29) is 12.4 Å². The molecular weight excluding hydrogens is 298 g/mol. The summed E-state index contributed by atoms with van der Waals surface area (Å²) in [4.78, 5) is 11.7. The first kappa shape index (κ1) is 15.2. The Morgan fingerprint density at radius 1 is 1.22 bits per heavy atom. The summed E-state index contributed by atoms with van der Waals surface area (Å²) in [6.45, 7) is 0.562. The lowest BCUT2D eigenvalue weighted by molar-refractivity contribution is 0.284. The average Bonchev–Trinajstić information content (AvgIpc) is 2.94. The highest BCUT2D eigenvalue weighted by Crippen LogP contribution is 2.22. The minimum atomic E-state index is -0.471. The van der Waals surface area contributed by atoms with Gasteiger partial charge in [-0.2, -0.15) is 0 Å². The summed E-state index contributed by atoms with van der Waals surface area (Å²) in [5.74, 6) is 0.0460. The van der Waals surface area contributed by atoms with E-state index in [0.717, 1.165) is 35.9 Å². The minimum absolute atomic E-state index is 0.0460. The van der Waals surface area contributed by atoms with Crippen LogP contribution in [0, 0.1) is 0 Å². The molecule has 0 radical (unpaired) electrons. The van der Waals surface area contributed by atoms with E-state index in [4.69, 9.17) is 9.52 Å². The fourth-order valence-electron chi connectivity index (χ4n) is 2.47. The van der Waals surface area contributed by atoms with Crippen molar-refractivity contribution in [2.45, 2.75) is 25.8 Å². The van der Waals surface area contributed by atoms with Gasteiger partial charge in [-0.15, -0.1) is 5.10 Å². The maximum Gasteiger partial charge on any atom is 0.336 e. The summed E-state index contributed by atoms with van der Waals surface area (Å²) in [7, 11) is 0. The average molecular weight is 315 g/mol. The predicted molar refractivity (Wildman–Crippen MR) is 83.3 cm³/mol. The molecule has 0 aliphatic heterocycles. The number of hydrogen-bond donors (Lipinski definition) is 2. The Morgan fingerprint density at radius 3 is 2.91 bits per heavy atom. The highest BCUT2D eigenvalue weighted by Gasteiger charge is 2.09. The van der Waals surface area contributed by atoms with Gasteiger partial charge in [0.25, 0.3) is 0 Å². The summed E-state index contributed by atoms with van der Waals surface area (Å²) < 4.78 is 6.77. The van der Waals surface area contributed by atoms with Gasteiger partial charge in [-0.25, -0.2) is 9.48 Å². The van der Waals surface area contributed by atoms with Crippen molar-refractivity contribution >= 4 is 11.0 Å². The van der Waals surface area contributed by atoms with Crippen LogP contribution < -0.4 is 5.63 Å². The quantitative estimate of drug-likeness (QED) is 0.527. The number of aromatic nitrogens is 3. The third kappa shape index (κ3) is 3.57. The summed E-state index contributed by atoms with van der Waals surface area (Å²) in [6.07, 6.45) is 4.18. The molecular formula is C16H17N3O4. The number of hydrogen-bond acceptors (Lipinski definition) is 6. The van der Waals surface area contributed by atoms with Crippen LogP contribution in [0.3, 0.4) is 0 Å². The minimum Gasteiger partial charge on any atom is -0.508 e. The molecule has 120 valence electrons. The molecule has 7 heteroatoms. The Hall–Kier alpha value is -2.67. The third-order valence-corrected chi connectivity index (χ3v) is 3.57. The monoisotopic (exact) mass is 315 g/mol. The second-order valence-electron chi connectivity index (χ2n) is 5.36. The van der Waals surface area contributed by atoms with Gasteiger partial charge in [-0.1, -0.05) is 5.21 Å². The zero-order chi connectivity index (χ0) is 16.2. The summed E-state index contributed by atoms with van der Waals surface area (Å²) in [5.41, 5.74) is 1.48. The number of aromatic hydroxyl groups is 1. The number of nitrogens with zero attached hydrogens (tertiary/aromatic N) is 3. The molecule has 7 nitrogen and oxygen atoms in total. The number of fused-ring (bicyclic) bond motifs is 1. The van der Waals surface area contributed by atoms with Crippen LogP contribution in [0.25, 0.3) is 11.0 Å². The molecule has 0 unspecified atom stereocenters. The lowest BCUT2D eigenvalue weighted by atomic mass is 10.1. The first-order valence-corrected chi connectivity index (χ1v) is 7.41. The normalized spacial score (nSPS) is 11.2. The molecule has 0 fully saturated rings. The Balaban J connectivity index is 1.85. The molecule has 0 bridgehead atoms. The number of benzene rings is 1. The summed E-state index contributed by atoms with van der Waals surface area (Å²) >= 11 is 0. The lowest BCUT2D eigenvalue weighted by Crippen LogP contribution is -2.06. The van der Waals surface area contributed by atoms with Crippen LogP contribution in [-0.2, 0) is 13.0 Å². The number of aliphatic hydroxyl groups is 1. The van der Waals surface area contributed by atoms with Crippen LogP contribution in [0.1, 0.15) is 24.1 Å². The van der Waals surface area contributed by atoms with Gasteiger partial charge < -0.3 is 14.6 Å². The van der Waals surface area contributed by atoms with Crippen LogP contribution in [0.4, 0.5) is 0 Å². The number of phenols is 1. The fourth-order valence-corrected chi connectivity index (χ4v) is 2.47. The van der Waals surface area contributed by atoms with Crippen molar-refractivity contribution in [2.24, 2.45) is 0 Å². The summed E-state index contributed by atoms with van der Waals surface area (Å²) in [6, 6.07) is 6.10. The highest BCUT2D eigenvalue weighted by molar-refractivity contribution is 5.81. The van der Waals surface area contributed by atoms with Gasteiger partial charge in [0.2, 0.25) is 0 Å². The standard InChI is InChI=1S/C16H17N3O4/c20-6-2-1-3-12-10-19(18-17-12)9-11-7-16(22)23-15-8-13(21)4-5-14(11)15/h4-5,7-8,10,20-21H,1-3,6,9H2. The zero-order valence-corrected chi connectivity index (χ0v) is 12.5. The van der Waals surface area contributed by atoms with Gasteiger partial charge >= 0.3 is 5.63 Å². The third-order valence-electron chi connectivity index (χ3n) is 3.57. The van der Waals surface area contributed by atoms with Crippen LogP contribution in [0.15, 0.2) is 39.7 Å². The van der Waals surface area contributed by atoms with E-state index >= 15 is 0 Å². The Bertz CT molecular complexity index is 869. The molecule has 0 saturated heterocycles. The van der Waals surface area contributed by atoms with Crippen molar-refractivity contribution in [3.05, 3.63) is 52.1 Å². The molecule has 3 rings (SSSR count). The molecule has 2 heterocycles. The zero-order valence-electron chi connectivity index (χ0n) is 12.5. The van der Waals surface area contributed by atoms with Crippen molar-refractivity contribution in [3.8, 4) is 5.75 Å². The molecule has 0 aliphatic carbocycles. The molecule has 0 amide bonds. The predicted octanol–water partition coefficient (Wildman–Crippen LogP) is 1.45. The number of rotatable bonds is 6. The van der Waals surface area contributed by atoms with E-state index in [1.807, 2.05) is 6.20 Å². The first-order valence-electron chi connectivity index (χ1n) is 7.41. The van der Waals surface area contributed by atoms with E-state index < -0.39 is 5.63 Å². The first-order chi connectivity index (χ1) is 11.2. The molecule has 1 aromatic carbocycles. The SMILES string of the molecule is O=c1cc(Cn2cc(CCCCO)nn2)c2ccc(O)cc2o1. The second-order valence-corrected chi connectivity index (χ2v) is 5.36. The van der Waals surface area contributed by atoms with Crippen molar-refractivity contribution in [1.29, 1.82) is 0 Å². The highest BCUT2D eigenvalue weighted by atomic mass is 16.4. The fraction of sp³-hybridized carbons (Fsp3) is 0.312.